The van der Waals surface area contributed by atoms with Gasteiger partial charge in [-0.25, -0.2) is 9.98 Å². The Morgan fingerprint density at radius 2 is 0.783 bits per heavy atom. The number of hydrogen-bond donors (Lipinski definition) is 0. The van der Waals surface area contributed by atoms with Gasteiger partial charge in [-0.2, -0.15) is 0 Å². The molecule has 10 aromatic carbocycles. The zero-order valence-electron chi connectivity index (χ0n) is 37.8. The van der Waals surface area contributed by atoms with Crippen molar-refractivity contribution in [3.05, 3.63) is 265 Å². The maximum atomic E-state index is 5.01. The number of benzene rings is 10. The van der Waals surface area contributed by atoms with E-state index >= 15 is 0 Å². The van der Waals surface area contributed by atoms with Gasteiger partial charge < -0.3 is 9.13 Å². The molecular formula is C64H45N5. The van der Waals surface area contributed by atoms with Crippen molar-refractivity contribution in [3.63, 3.8) is 0 Å². The molecule has 0 N–H and O–H groups in total. The van der Waals surface area contributed by atoms with Crippen LogP contribution in [0.15, 0.2) is 264 Å². The monoisotopic (exact) mass is 883 g/mol. The highest BCUT2D eigenvalue weighted by molar-refractivity contribution is 6.14. The van der Waals surface area contributed by atoms with Gasteiger partial charge in [0.15, 0.2) is 11.7 Å². The Balaban J connectivity index is 0.967. The third kappa shape index (κ3) is 7.82. The Hall–Kier alpha value is -9.19. The van der Waals surface area contributed by atoms with Crippen molar-refractivity contribution >= 4 is 62.0 Å². The fraction of sp³-hybridized carbons (Fsp3) is 0.0156. The lowest BCUT2D eigenvalue weighted by Crippen LogP contribution is -2.06. The molecule has 69 heavy (non-hydrogen) atoms. The molecule has 0 amide bonds. The second kappa shape index (κ2) is 17.9. The largest absolute Gasteiger partial charge is 0.309 e. The summed E-state index contributed by atoms with van der Waals surface area (Å²) >= 11 is 0. The van der Waals surface area contributed by atoms with Crippen LogP contribution in [0.1, 0.15) is 16.7 Å². The predicted octanol–water partition coefficient (Wildman–Crippen LogP) is 16.0. The minimum Gasteiger partial charge on any atom is -0.309 e. The van der Waals surface area contributed by atoms with Gasteiger partial charge in [0.2, 0.25) is 0 Å². The highest BCUT2D eigenvalue weighted by atomic mass is 15.0. The Kier molecular flexibility index (Phi) is 10.7. The zero-order valence-corrected chi connectivity index (χ0v) is 37.8. The molecule has 0 aliphatic carbocycles. The first-order valence-corrected chi connectivity index (χ1v) is 23.3. The fourth-order valence-electron chi connectivity index (χ4n) is 9.77. The van der Waals surface area contributed by atoms with E-state index in [1.54, 1.807) is 0 Å². The Morgan fingerprint density at radius 1 is 0.333 bits per heavy atom. The normalized spacial score (nSPS) is 12.1. The van der Waals surface area contributed by atoms with Crippen LogP contribution in [-0.4, -0.2) is 27.5 Å². The average molecular weight is 884 g/mol. The SMILES string of the molecule is C=NC(=NC(=NCc1ccccc1)c1ccccc1)c1ccc(-n2c3ccccc3c3ccc(-c4ccc5c6ccccc6n(-c6cc(-c7ccccc7)cc(-c7ccccc7)c6)c5c4)cc32)cc1. The third-order valence-electron chi connectivity index (χ3n) is 13.1. The number of nitrogens with zero attached hydrogens (tertiary/aromatic N) is 5. The van der Waals surface area contributed by atoms with Crippen LogP contribution in [0.5, 0.6) is 0 Å². The molecule has 0 saturated heterocycles. The van der Waals surface area contributed by atoms with Crippen molar-refractivity contribution in [3.8, 4) is 44.8 Å². The molecule has 12 rings (SSSR count). The second-order valence-electron chi connectivity index (χ2n) is 17.3. The van der Waals surface area contributed by atoms with E-state index in [2.05, 4.69) is 221 Å². The van der Waals surface area contributed by atoms with E-state index in [0.29, 0.717) is 18.2 Å². The van der Waals surface area contributed by atoms with Crippen LogP contribution in [0.4, 0.5) is 0 Å². The molecule has 0 aliphatic rings. The quantitative estimate of drug-likeness (QED) is 0.102. The van der Waals surface area contributed by atoms with E-state index in [-0.39, 0.29) is 0 Å². The first-order chi connectivity index (χ1) is 34.2. The summed E-state index contributed by atoms with van der Waals surface area (Å²) in [6.45, 7) is 4.44. The number of fused-ring (bicyclic) bond motifs is 6. The summed E-state index contributed by atoms with van der Waals surface area (Å²) in [6, 6.07) is 88.3. The van der Waals surface area contributed by atoms with E-state index in [4.69, 9.17) is 9.98 Å². The molecule has 0 unspecified atom stereocenters. The van der Waals surface area contributed by atoms with Gasteiger partial charge in [-0.3, -0.25) is 4.99 Å². The molecule has 0 aliphatic heterocycles. The van der Waals surface area contributed by atoms with Crippen LogP contribution >= 0.6 is 0 Å². The number of aromatic nitrogens is 2. The average Bonchev–Trinajstić information content (AvgIpc) is 3.94. The molecular weight excluding hydrogens is 839 g/mol. The van der Waals surface area contributed by atoms with Crippen LogP contribution in [-0.2, 0) is 6.54 Å². The summed E-state index contributed by atoms with van der Waals surface area (Å²) in [6.07, 6.45) is 0. The van der Waals surface area contributed by atoms with Crippen LogP contribution in [0, 0.1) is 0 Å². The van der Waals surface area contributed by atoms with Crippen LogP contribution in [0.3, 0.4) is 0 Å². The van der Waals surface area contributed by atoms with Gasteiger partial charge in [0.1, 0.15) is 0 Å². The summed E-state index contributed by atoms with van der Waals surface area (Å²) in [4.78, 5) is 14.4. The Bertz CT molecular complexity index is 3840. The minimum absolute atomic E-state index is 0.503. The van der Waals surface area contributed by atoms with E-state index in [1.807, 2.05) is 48.5 Å². The number of para-hydroxylation sites is 2. The van der Waals surface area contributed by atoms with Crippen molar-refractivity contribution in [1.82, 2.24) is 9.13 Å². The van der Waals surface area contributed by atoms with Gasteiger partial charge in [-0.05, 0) is 112 Å². The van der Waals surface area contributed by atoms with E-state index < -0.39 is 0 Å². The van der Waals surface area contributed by atoms with E-state index in [9.17, 15) is 0 Å². The van der Waals surface area contributed by atoms with Crippen LogP contribution in [0.2, 0.25) is 0 Å². The molecule has 5 nitrogen and oxygen atoms in total. The topological polar surface area (TPSA) is 46.9 Å². The second-order valence-corrected chi connectivity index (χ2v) is 17.3. The number of amidine groups is 2. The first kappa shape index (κ1) is 41.3. The summed E-state index contributed by atoms with van der Waals surface area (Å²) < 4.78 is 4.81. The van der Waals surface area contributed by atoms with Gasteiger partial charge in [0.25, 0.3) is 0 Å². The maximum absolute atomic E-state index is 5.01. The molecule has 2 heterocycles. The van der Waals surface area contributed by atoms with Gasteiger partial charge >= 0.3 is 0 Å². The minimum atomic E-state index is 0.503. The maximum Gasteiger partial charge on any atom is 0.161 e. The number of aliphatic imine (C=N–C) groups is 3. The van der Waals surface area contributed by atoms with Gasteiger partial charge in [-0.1, -0.05) is 182 Å². The standard InChI is InChI=1S/C64H45N5/c1-65-63(67-64(47-24-12-5-13-25-47)66-43-44-18-6-2-7-19-44)48-30-34-53(35-31-48)68-59-28-16-14-26-55(59)57-36-32-49(41-61(57)68)50-33-37-58-56-27-15-17-29-60(56)69(62(58)42-50)54-39-51(45-20-8-3-9-21-45)38-52(40-54)46-22-10-4-11-23-46/h2-42H,1,43H2. The molecule has 2 aromatic heterocycles. The molecule has 12 aromatic rings. The first-order valence-electron chi connectivity index (χ1n) is 23.3. The van der Waals surface area contributed by atoms with Gasteiger partial charge in [0.05, 0.1) is 28.6 Å². The molecule has 0 fully saturated rings. The highest BCUT2D eigenvalue weighted by Crippen LogP contribution is 2.40. The van der Waals surface area contributed by atoms with Crippen molar-refractivity contribution < 1.29 is 0 Å². The lowest BCUT2D eigenvalue weighted by Gasteiger charge is -2.14. The summed E-state index contributed by atoms with van der Waals surface area (Å²) in [5, 5.41) is 4.83. The van der Waals surface area contributed by atoms with Crippen molar-refractivity contribution in [1.29, 1.82) is 0 Å². The highest BCUT2D eigenvalue weighted by Gasteiger charge is 2.18. The lowest BCUT2D eigenvalue weighted by molar-refractivity contribution is 1.06. The fourth-order valence-corrected chi connectivity index (χ4v) is 9.77. The van der Waals surface area contributed by atoms with E-state index in [1.165, 1.54) is 49.3 Å². The smallest absolute Gasteiger partial charge is 0.161 e. The molecule has 0 radical (unpaired) electrons. The number of hydrogen-bond acceptors (Lipinski definition) is 1. The van der Waals surface area contributed by atoms with Gasteiger partial charge in [0, 0.05) is 44.0 Å². The molecule has 326 valence electrons. The molecule has 0 saturated carbocycles. The molecule has 0 spiro atoms. The summed E-state index contributed by atoms with van der Waals surface area (Å²) in [7, 11) is 0. The van der Waals surface area contributed by atoms with Crippen molar-refractivity contribution in [2.75, 3.05) is 0 Å². The predicted molar refractivity (Wildman–Crippen MR) is 291 cm³/mol. The van der Waals surface area contributed by atoms with Gasteiger partial charge in [-0.15, -0.1) is 0 Å². The van der Waals surface area contributed by atoms with Crippen molar-refractivity contribution in [2.24, 2.45) is 15.0 Å². The lowest BCUT2D eigenvalue weighted by atomic mass is 9.98. The summed E-state index contributed by atoms with van der Waals surface area (Å²) in [5.74, 6) is 1.12. The Morgan fingerprint density at radius 3 is 1.32 bits per heavy atom. The van der Waals surface area contributed by atoms with Crippen LogP contribution < -0.4 is 0 Å². The Labute approximate surface area is 401 Å². The summed E-state index contributed by atoms with van der Waals surface area (Å²) in [5.41, 5.74) is 16.6. The molecule has 0 bridgehead atoms. The zero-order chi connectivity index (χ0) is 46.1. The van der Waals surface area contributed by atoms with E-state index in [0.717, 1.165) is 55.7 Å². The molecule has 0 atom stereocenters. The third-order valence-corrected chi connectivity index (χ3v) is 13.1. The van der Waals surface area contributed by atoms with Crippen molar-refractivity contribution in [2.45, 2.75) is 6.54 Å². The molecule has 5 heteroatoms. The number of rotatable bonds is 9. The van der Waals surface area contributed by atoms with Crippen LogP contribution in [0.25, 0.3) is 88.4 Å².